The fourth-order valence-electron chi connectivity index (χ4n) is 2.38. The number of aryl methyl sites for hydroxylation is 2. The first-order chi connectivity index (χ1) is 11.5. The van der Waals surface area contributed by atoms with Gasteiger partial charge in [0.15, 0.2) is 0 Å². The van der Waals surface area contributed by atoms with Gasteiger partial charge < -0.3 is 15.5 Å². The average Bonchev–Trinajstić information content (AvgIpc) is 2.55. The molecular weight excluding hydrogens is 302 g/mol. The van der Waals surface area contributed by atoms with Crippen LogP contribution in [0.1, 0.15) is 28.0 Å². The summed E-state index contributed by atoms with van der Waals surface area (Å²) in [5.41, 5.74) is 3.24. The van der Waals surface area contributed by atoms with Gasteiger partial charge in [0.1, 0.15) is 17.8 Å². The third kappa shape index (κ3) is 5.03. The Morgan fingerprint density at radius 1 is 1.17 bits per heavy atom. The molecule has 1 aromatic carbocycles. The van der Waals surface area contributed by atoms with Crippen LogP contribution >= 0.6 is 0 Å². The number of amides is 1. The highest BCUT2D eigenvalue weighted by atomic mass is 16.1. The molecule has 24 heavy (non-hydrogen) atoms. The minimum atomic E-state index is -0.230. The smallest absolute Gasteiger partial charge is 0.274 e. The summed E-state index contributed by atoms with van der Waals surface area (Å²) in [6.07, 6.45) is 2.41. The molecule has 1 aromatic heterocycles. The Morgan fingerprint density at radius 3 is 2.54 bits per heavy atom. The molecule has 6 nitrogen and oxygen atoms in total. The van der Waals surface area contributed by atoms with E-state index in [-0.39, 0.29) is 5.91 Å². The summed E-state index contributed by atoms with van der Waals surface area (Å²) in [6, 6.07) is 7.60. The highest BCUT2D eigenvalue weighted by Crippen LogP contribution is 2.20. The SMILES string of the molecule is Cc1cccc(C)c1NC(=O)c1cc(NCCCN(C)C)ncn1. The van der Waals surface area contributed by atoms with Gasteiger partial charge in [-0.2, -0.15) is 0 Å². The van der Waals surface area contributed by atoms with E-state index in [1.165, 1.54) is 6.33 Å². The van der Waals surface area contributed by atoms with Crippen LogP contribution in [-0.4, -0.2) is 48.0 Å². The van der Waals surface area contributed by atoms with Gasteiger partial charge in [-0.05, 0) is 52.0 Å². The van der Waals surface area contributed by atoms with Crippen LogP contribution < -0.4 is 10.6 Å². The number of nitrogens with zero attached hydrogens (tertiary/aromatic N) is 3. The largest absolute Gasteiger partial charge is 0.370 e. The van der Waals surface area contributed by atoms with Crippen molar-refractivity contribution < 1.29 is 4.79 Å². The molecule has 2 N–H and O–H groups in total. The molecule has 2 aromatic rings. The number of hydrogen-bond acceptors (Lipinski definition) is 5. The molecule has 0 spiro atoms. The predicted molar refractivity (Wildman–Crippen MR) is 97.6 cm³/mol. The summed E-state index contributed by atoms with van der Waals surface area (Å²) in [5, 5.41) is 6.16. The number of carbonyl (C=O) groups excluding carboxylic acids is 1. The first-order valence-electron chi connectivity index (χ1n) is 8.05. The Hall–Kier alpha value is -2.47. The molecule has 0 aliphatic rings. The maximum absolute atomic E-state index is 12.5. The van der Waals surface area contributed by atoms with Gasteiger partial charge in [0.2, 0.25) is 0 Å². The van der Waals surface area contributed by atoms with E-state index in [1.54, 1.807) is 6.07 Å². The molecule has 0 fully saturated rings. The molecule has 0 bridgehead atoms. The number of rotatable bonds is 7. The molecular formula is C18H25N5O. The second kappa shape index (κ2) is 8.40. The van der Waals surface area contributed by atoms with E-state index in [2.05, 4.69) is 25.5 Å². The lowest BCUT2D eigenvalue weighted by atomic mass is 10.1. The van der Waals surface area contributed by atoms with Crippen LogP contribution in [0.25, 0.3) is 0 Å². The minimum absolute atomic E-state index is 0.230. The number of aromatic nitrogens is 2. The van der Waals surface area contributed by atoms with Crippen molar-refractivity contribution in [1.29, 1.82) is 0 Å². The van der Waals surface area contributed by atoms with E-state index >= 15 is 0 Å². The second-order valence-electron chi connectivity index (χ2n) is 6.09. The molecule has 0 unspecified atom stereocenters. The van der Waals surface area contributed by atoms with E-state index in [4.69, 9.17) is 0 Å². The monoisotopic (exact) mass is 327 g/mol. The van der Waals surface area contributed by atoms with Crippen molar-refractivity contribution in [3.63, 3.8) is 0 Å². The molecule has 0 aliphatic heterocycles. The van der Waals surface area contributed by atoms with Crippen LogP contribution in [0.3, 0.4) is 0 Å². The topological polar surface area (TPSA) is 70.2 Å². The molecule has 128 valence electrons. The van der Waals surface area contributed by atoms with E-state index in [0.717, 1.165) is 36.3 Å². The van der Waals surface area contributed by atoms with Crippen molar-refractivity contribution in [3.05, 3.63) is 47.4 Å². The molecule has 1 heterocycles. The van der Waals surface area contributed by atoms with Gasteiger partial charge in [-0.3, -0.25) is 4.79 Å². The van der Waals surface area contributed by atoms with Crippen LogP contribution in [0, 0.1) is 13.8 Å². The van der Waals surface area contributed by atoms with Gasteiger partial charge in [0.25, 0.3) is 5.91 Å². The predicted octanol–water partition coefficient (Wildman–Crippen LogP) is 2.71. The molecule has 0 saturated carbocycles. The zero-order valence-corrected chi connectivity index (χ0v) is 14.8. The van der Waals surface area contributed by atoms with Crippen molar-refractivity contribution in [2.75, 3.05) is 37.8 Å². The second-order valence-corrected chi connectivity index (χ2v) is 6.09. The number of hydrogen-bond donors (Lipinski definition) is 2. The Balaban J connectivity index is 2.01. The fourth-order valence-corrected chi connectivity index (χ4v) is 2.38. The number of carbonyl (C=O) groups is 1. The Kier molecular flexibility index (Phi) is 6.26. The van der Waals surface area contributed by atoms with Crippen molar-refractivity contribution in [2.45, 2.75) is 20.3 Å². The standard InChI is InChI=1S/C18H25N5O/c1-13-7-5-8-14(2)17(13)22-18(24)15-11-16(21-12-20-15)19-9-6-10-23(3)4/h5,7-8,11-12H,6,9-10H2,1-4H3,(H,22,24)(H,19,20,21). The van der Waals surface area contributed by atoms with Crippen molar-refractivity contribution in [1.82, 2.24) is 14.9 Å². The quantitative estimate of drug-likeness (QED) is 0.765. The van der Waals surface area contributed by atoms with E-state index < -0.39 is 0 Å². The first kappa shape index (κ1) is 17.9. The van der Waals surface area contributed by atoms with E-state index in [0.29, 0.717) is 11.5 Å². The molecule has 0 saturated heterocycles. The van der Waals surface area contributed by atoms with E-state index in [1.807, 2.05) is 46.1 Å². The molecule has 0 atom stereocenters. The van der Waals surface area contributed by atoms with Crippen LogP contribution in [0.4, 0.5) is 11.5 Å². The summed E-state index contributed by atoms with van der Waals surface area (Å²) in [5.74, 6) is 0.432. The Bertz CT molecular complexity index is 679. The van der Waals surface area contributed by atoms with Gasteiger partial charge in [-0.25, -0.2) is 9.97 Å². The van der Waals surface area contributed by atoms with Gasteiger partial charge in [-0.15, -0.1) is 0 Å². The minimum Gasteiger partial charge on any atom is -0.370 e. The molecule has 0 aliphatic carbocycles. The molecule has 2 rings (SSSR count). The summed E-state index contributed by atoms with van der Waals surface area (Å²) >= 11 is 0. The number of benzene rings is 1. The number of anilines is 2. The van der Waals surface area contributed by atoms with Crippen molar-refractivity contribution >= 4 is 17.4 Å². The summed E-state index contributed by atoms with van der Waals surface area (Å²) in [4.78, 5) is 22.8. The van der Waals surface area contributed by atoms with Crippen LogP contribution in [0.15, 0.2) is 30.6 Å². The van der Waals surface area contributed by atoms with Gasteiger partial charge >= 0.3 is 0 Å². The Morgan fingerprint density at radius 2 is 1.88 bits per heavy atom. The van der Waals surface area contributed by atoms with Gasteiger partial charge in [0, 0.05) is 18.3 Å². The molecule has 0 radical (unpaired) electrons. The van der Waals surface area contributed by atoms with Crippen LogP contribution in [-0.2, 0) is 0 Å². The first-order valence-corrected chi connectivity index (χ1v) is 8.05. The lowest BCUT2D eigenvalue weighted by Gasteiger charge is -2.12. The lowest BCUT2D eigenvalue weighted by Crippen LogP contribution is -2.18. The third-order valence-electron chi connectivity index (χ3n) is 3.71. The highest BCUT2D eigenvalue weighted by Gasteiger charge is 2.11. The number of para-hydroxylation sites is 1. The zero-order valence-electron chi connectivity index (χ0n) is 14.8. The number of nitrogens with one attached hydrogen (secondary N) is 2. The third-order valence-corrected chi connectivity index (χ3v) is 3.71. The molecule has 6 heteroatoms. The Labute approximate surface area is 143 Å². The van der Waals surface area contributed by atoms with Crippen LogP contribution in [0.2, 0.25) is 0 Å². The fraction of sp³-hybridized carbons (Fsp3) is 0.389. The van der Waals surface area contributed by atoms with Crippen molar-refractivity contribution in [3.8, 4) is 0 Å². The lowest BCUT2D eigenvalue weighted by molar-refractivity contribution is 0.102. The summed E-state index contributed by atoms with van der Waals surface area (Å²) in [7, 11) is 4.08. The maximum atomic E-state index is 12.5. The summed E-state index contributed by atoms with van der Waals surface area (Å²) in [6.45, 7) is 5.74. The normalized spacial score (nSPS) is 10.7. The zero-order chi connectivity index (χ0) is 17.5. The van der Waals surface area contributed by atoms with Gasteiger partial charge in [0.05, 0.1) is 0 Å². The molecule has 1 amide bonds. The van der Waals surface area contributed by atoms with Gasteiger partial charge in [-0.1, -0.05) is 18.2 Å². The highest BCUT2D eigenvalue weighted by molar-refractivity contribution is 6.04. The maximum Gasteiger partial charge on any atom is 0.274 e. The van der Waals surface area contributed by atoms with Crippen LogP contribution in [0.5, 0.6) is 0 Å². The van der Waals surface area contributed by atoms with E-state index in [9.17, 15) is 4.79 Å². The van der Waals surface area contributed by atoms with Crippen molar-refractivity contribution in [2.24, 2.45) is 0 Å². The summed E-state index contributed by atoms with van der Waals surface area (Å²) < 4.78 is 0. The average molecular weight is 327 g/mol.